The second kappa shape index (κ2) is 6.47. The number of hydrogen-bond donors (Lipinski definition) is 2. The van der Waals surface area contributed by atoms with Crippen LogP contribution < -0.4 is 5.32 Å². The summed E-state index contributed by atoms with van der Waals surface area (Å²) in [6.07, 6.45) is 1.64. The first-order valence-corrected chi connectivity index (χ1v) is 7.05. The number of fused-ring (bicyclic) bond motifs is 1. The van der Waals surface area contributed by atoms with Crippen LogP contribution >= 0.6 is 0 Å². The molecule has 0 spiro atoms. The van der Waals surface area contributed by atoms with E-state index >= 15 is 0 Å². The molecule has 0 aliphatic carbocycles. The monoisotopic (exact) mass is 319 g/mol. The molecule has 122 valence electrons. The van der Waals surface area contributed by atoms with E-state index < -0.39 is 22.8 Å². The molecule has 1 aromatic carbocycles. The standard InChI is InChI=1S/C15H17N3O5/c1-9(2)14(15(20)21)16-13(19)8-17-6-5-10-7-11(18(22)23)3-4-12(10)17/h3-7,9,14H,8H2,1-2H3,(H,16,19)(H,20,21). The van der Waals surface area contributed by atoms with Crippen LogP contribution in [0.1, 0.15) is 13.8 Å². The lowest BCUT2D eigenvalue weighted by Crippen LogP contribution is -2.45. The third-order valence-electron chi connectivity index (χ3n) is 3.53. The van der Waals surface area contributed by atoms with Gasteiger partial charge in [-0.05, 0) is 18.1 Å². The number of nitro benzene ring substituents is 1. The number of carboxylic acid groups (broad SMARTS) is 1. The normalized spacial score (nSPS) is 12.3. The second-order valence-electron chi connectivity index (χ2n) is 5.57. The van der Waals surface area contributed by atoms with Crippen LogP contribution in [0.4, 0.5) is 5.69 Å². The topological polar surface area (TPSA) is 114 Å². The lowest BCUT2D eigenvalue weighted by atomic mass is 10.1. The van der Waals surface area contributed by atoms with Crippen LogP contribution in [0.2, 0.25) is 0 Å². The molecule has 2 N–H and O–H groups in total. The zero-order valence-electron chi connectivity index (χ0n) is 12.7. The minimum absolute atomic E-state index is 0.0227. The van der Waals surface area contributed by atoms with Crippen LogP contribution in [0.3, 0.4) is 0 Å². The SMILES string of the molecule is CC(C)C(NC(=O)Cn1ccc2cc([N+](=O)[O-])ccc21)C(=O)O. The number of nitrogens with one attached hydrogen (secondary N) is 1. The van der Waals surface area contributed by atoms with Gasteiger partial charge in [0, 0.05) is 29.2 Å². The van der Waals surface area contributed by atoms with E-state index in [0.717, 1.165) is 0 Å². The summed E-state index contributed by atoms with van der Waals surface area (Å²) in [5, 5.41) is 23.0. The van der Waals surface area contributed by atoms with Crippen molar-refractivity contribution in [2.75, 3.05) is 0 Å². The molecule has 2 rings (SSSR count). The molecule has 8 heteroatoms. The maximum Gasteiger partial charge on any atom is 0.326 e. The van der Waals surface area contributed by atoms with Gasteiger partial charge in [-0.3, -0.25) is 14.9 Å². The lowest BCUT2D eigenvalue weighted by molar-refractivity contribution is -0.384. The zero-order chi connectivity index (χ0) is 17.1. The number of non-ortho nitro benzene ring substituents is 1. The Labute approximate surface area is 131 Å². The Bertz CT molecular complexity index is 766. The van der Waals surface area contributed by atoms with Crippen molar-refractivity contribution < 1.29 is 19.6 Å². The van der Waals surface area contributed by atoms with Crippen LogP contribution in [0, 0.1) is 16.0 Å². The highest BCUT2D eigenvalue weighted by Crippen LogP contribution is 2.21. The fourth-order valence-corrected chi connectivity index (χ4v) is 2.33. The number of amides is 1. The summed E-state index contributed by atoms with van der Waals surface area (Å²) in [5.41, 5.74) is 0.646. The average Bonchev–Trinajstić information content (AvgIpc) is 2.86. The maximum absolute atomic E-state index is 12.0. The number of nitro groups is 1. The third-order valence-corrected chi connectivity index (χ3v) is 3.53. The molecule has 1 heterocycles. The average molecular weight is 319 g/mol. The quantitative estimate of drug-likeness (QED) is 0.622. The summed E-state index contributed by atoms with van der Waals surface area (Å²) in [6, 6.07) is 5.08. The summed E-state index contributed by atoms with van der Waals surface area (Å²) in [7, 11) is 0. The Balaban J connectivity index is 2.17. The highest BCUT2D eigenvalue weighted by Gasteiger charge is 2.23. The summed E-state index contributed by atoms with van der Waals surface area (Å²) in [6.45, 7) is 3.37. The van der Waals surface area contributed by atoms with Gasteiger partial charge >= 0.3 is 5.97 Å². The number of aliphatic carboxylic acids is 1. The van der Waals surface area contributed by atoms with Crippen LogP contribution in [-0.2, 0) is 16.1 Å². The minimum Gasteiger partial charge on any atom is -0.480 e. The van der Waals surface area contributed by atoms with Crippen molar-refractivity contribution in [3.63, 3.8) is 0 Å². The number of nitrogens with zero attached hydrogens (tertiary/aromatic N) is 2. The van der Waals surface area contributed by atoms with Gasteiger partial charge in [-0.1, -0.05) is 13.8 Å². The molecule has 1 unspecified atom stereocenters. The highest BCUT2D eigenvalue weighted by molar-refractivity contribution is 5.87. The van der Waals surface area contributed by atoms with E-state index in [1.165, 1.54) is 12.1 Å². The van der Waals surface area contributed by atoms with Crippen molar-refractivity contribution in [3.05, 3.63) is 40.6 Å². The number of hydrogen-bond acceptors (Lipinski definition) is 4. The van der Waals surface area contributed by atoms with Gasteiger partial charge in [0.1, 0.15) is 12.6 Å². The maximum atomic E-state index is 12.0. The lowest BCUT2D eigenvalue weighted by Gasteiger charge is -2.18. The molecule has 1 atom stereocenters. The molecule has 0 aliphatic heterocycles. The molecule has 0 radical (unpaired) electrons. The van der Waals surface area contributed by atoms with E-state index in [1.807, 2.05) is 0 Å². The summed E-state index contributed by atoms with van der Waals surface area (Å²) < 4.78 is 1.62. The summed E-state index contributed by atoms with van der Waals surface area (Å²) in [5.74, 6) is -1.75. The van der Waals surface area contributed by atoms with Crippen molar-refractivity contribution in [2.45, 2.75) is 26.4 Å². The molecule has 8 nitrogen and oxygen atoms in total. The Morgan fingerprint density at radius 1 is 1.35 bits per heavy atom. The molecule has 0 saturated carbocycles. The number of carboxylic acids is 1. The van der Waals surface area contributed by atoms with E-state index in [4.69, 9.17) is 5.11 Å². The number of rotatable bonds is 6. The zero-order valence-corrected chi connectivity index (χ0v) is 12.7. The molecule has 0 aliphatic rings. The first-order chi connectivity index (χ1) is 10.8. The fourth-order valence-electron chi connectivity index (χ4n) is 2.33. The largest absolute Gasteiger partial charge is 0.480 e. The van der Waals surface area contributed by atoms with Gasteiger partial charge in [-0.25, -0.2) is 4.79 Å². The Kier molecular flexibility index (Phi) is 4.63. The molecule has 2 aromatic rings. The highest BCUT2D eigenvalue weighted by atomic mass is 16.6. The first kappa shape index (κ1) is 16.5. The van der Waals surface area contributed by atoms with E-state index in [-0.39, 0.29) is 18.2 Å². The summed E-state index contributed by atoms with van der Waals surface area (Å²) in [4.78, 5) is 33.4. The third kappa shape index (κ3) is 3.65. The Morgan fingerprint density at radius 3 is 2.61 bits per heavy atom. The smallest absolute Gasteiger partial charge is 0.326 e. The van der Waals surface area contributed by atoms with Gasteiger partial charge in [0.05, 0.1) is 4.92 Å². The molecule has 0 fully saturated rings. The van der Waals surface area contributed by atoms with E-state index in [0.29, 0.717) is 10.9 Å². The Morgan fingerprint density at radius 2 is 2.04 bits per heavy atom. The first-order valence-electron chi connectivity index (χ1n) is 7.05. The second-order valence-corrected chi connectivity index (χ2v) is 5.57. The Hall–Kier alpha value is -2.90. The van der Waals surface area contributed by atoms with Crippen molar-refractivity contribution in [1.29, 1.82) is 0 Å². The molecular formula is C15H17N3O5. The van der Waals surface area contributed by atoms with Crippen LogP contribution in [0.15, 0.2) is 30.5 Å². The van der Waals surface area contributed by atoms with Gasteiger partial charge in [-0.15, -0.1) is 0 Å². The fraction of sp³-hybridized carbons (Fsp3) is 0.333. The van der Waals surface area contributed by atoms with E-state index in [1.54, 1.807) is 36.7 Å². The summed E-state index contributed by atoms with van der Waals surface area (Å²) >= 11 is 0. The minimum atomic E-state index is -1.08. The van der Waals surface area contributed by atoms with Crippen LogP contribution in [-0.4, -0.2) is 32.5 Å². The molecule has 0 saturated heterocycles. The van der Waals surface area contributed by atoms with Crippen molar-refractivity contribution in [3.8, 4) is 0 Å². The predicted octanol–water partition coefficient (Wildman–Crippen LogP) is 1.77. The van der Waals surface area contributed by atoms with E-state index in [9.17, 15) is 19.7 Å². The van der Waals surface area contributed by atoms with Gasteiger partial charge in [-0.2, -0.15) is 0 Å². The van der Waals surface area contributed by atoms with Crippen LogP contribution in [0.5, 0.6) is 0 Å². The van der Waals surface area contributed by atoms with Gasteiger partial charge in [0.2, 0.25) is 5.91 Å². The number of carbonyl (C=O) groups is 2. The van der Waals surface area contributed by atoms with Crippen molar-refractivity contribution in [2.24, 2.45) is 5.92 Å². The predicted molar refractivity (Wildman–Crippen MR) is 83.0 cm³/mol. The van der Waals surface area contributed by atoms with E-state index in [2.05, 4.69) is 5.32 Å². The van der Waals surface area contributed by atoms with Gasteiger partial charge in [0.25, 0.3) is 5.69 Å². The van der Waals surface area contributed by atoms with Gasteiger partial charge < -0.3 is 15.0 Å². The van der Waals surface area contributed by atoms with Gasteiger partial charge in [0.15, 0.2) is 0 Å². The van der Waals surface area contributed by atoms with Crippen LogP contribution in [0.25, 0.3) is 10.9 Å². The molecule has 1 amide bonds. The number of carbonyl (C=O) groups excluding carboxylic acids is 1. The number of aromatic nitrogens is 1. The van der Waals surface area contributed by atoms with Crippen molar-refractivity contribution >= 4 is 28.5 Å². The molecule has 1 aromatic heterocycles. The van der Waals surface area contributed by atoms with Crippen molar-refractivity contribution in [1.82, 2.24) is 9.88 Å². The number of benzene rings is 1. The molecular weight excluding hydrogens is 302 g/mol. The molecule has 0 bridgehead atoms. The molecule has 23 heavy (non-hydrogen) atoms.